The number of aliphatic hydroxyl groups excluding tert-OH is 1. The van der Waals surface area contributed by atoms with Crippen molar-refractivity contribution in [3.63, 3.8) is 0 Å². The second-order valence-electron chi connectivity index (χ2n) is 7.79. The third kappa shape index (κ3) is 2.67. The number of aromatic amines is 1. The van der Waals surface area contributed by atoms with E-state index in [1.807, 2.05) is 0 Å². The van der Waals surface area contributed by atoms with Gasteiger partial charge in [0.05, 0.1) is 0 Å². The molecule has 5 rings (SSSR count). The van der Waals surface area contributed by atoms with Crippen LogP contribution >= 0.6 is 0 Å². The fraction of sp³-hybridized carbons (Fsp3) is 0.600. The van der Waals surface area contributed by atoms with Crippen molar-refractivity contribution in [2.24, 2.45) is 11.8 Å². The maximum Gasteiger partial charge on any atom is 0.128 e. The lowest BCUT2D eigenvalue weighted by Gasteiger charge is -2.31. The van der Waals surface area contributed by atoms with E-state index in [0.29, 0.717) is 6.04 Å². The van der Waals surface area contributed by atoms with E-state index >= 15 is 0 Å². The summed E-state index contributed by atoms with van der Waals surface area (Å²) in [5.74, 6) is 1.97. The lowest BCUT2D eigenvalue weighted by Crippen LogP contribution is -2.39. The molecule has 0 spiro atoms. The summed E-state index contributed by atoms with van der Waals surface area (Å²) in [6.07, 6.45) is 9.64. The Kier molecular flexibility index (Phi) is 4.37. The molecule has 0 radical (unpaired) electrons. The molecule has 0 amide bonds. The second kappa shape index (κ2) is 6.51. The van der Waals surface area contributed by atoms with E-state index in [9.17, 15) is 0 Å². The van der Waals surface area contributed by atoms with E-state index in [2.05, 4.69) is 34.2 Å². The molecule has 4 nitrogen and oxygen atoms in total. The molecule has 3 aliphatic carbocycles. The van der Waals surface area contributed by atoms with Crippen molar-refractivity contribution in [3.8, 4) is 0 Å². The van der Waals surface area contributed by atoms with Crippen LogP contribution in [0.3, 0.4) is 0 Å². The highest BCUT2D eigenvalue weighted by molar-refractivity contribution is 5.87. The van der Waals surface area contributed by atoms with E-state index in [-0.39, 0.29) is 0 Å². The van der Waals surface area contributed by atoms with Crippen LogP contribution in [0.25, 0.3) is 10.9 Å². The molecule has 2 saturated carbocycles. The predicted octanol–water partition coefficient (Wildman–Crippen LogP) is 2.81. The predicted molar refractivity (Wildman–Crippen MR) is 97.0 cm³/mol. The average molecular weight is 328 g/mol. The van der Waals surface area contributed by atoms with Gasteiger partial charge in [-0.1, -0.05) is 6.42 Å². The Morgan fingerprint density at radius 2 is 2.04 bits per heavy atom. The number of hydrogen-bond donors (Lipinski definition) is 4. The van der Waals surface area contributed by atoms with Crippen molar-refractivity contribution in [1.82, 2.24) is 10.3 Å². The van der Waals surface area contributed by atoms with E-state index in [1.165, 1.54) is 61.5 Å². The minimum atomic E-state index is 0.536. The molecule has 1 aromatic heterocycles. The molecule has 4 unspecified atom stereocenters. The van der Waals surface area contributed by atoms with E-state index in [1.54, 1.807) is 5.56 Å². The van der Waals surface area contributed by atoms with Gasteiger partial charge in [-0.25, -0.2) is 0 Å². The molecule has 4 atom stereocenters. The zero-order valence-electron chi connectivity index (χ0n) is 14.6. The van der Waals surface area contributed by atoms with Gasteiger partial charge < -0.3 is 21.1 Å². The topological polar surface area (TPSA) is 75.7 Å². The van der Waals surface area contributed by atoms with E-state index < -0.39 is 0 Å². The Morgan fingerprint density at radius 3 is 2.79 bits per heavy atom. The quantitative estimate of drug-likeness (QED) is 0.684. The number of benzene rings is 1. The number of fused-ring (bicyclic) bond motifs is 5. The fourth-order valence-corrected chi connectivity index (χ4v) is 5.38. The van der Waals surface area contributed by atoms with Crippen molar-refractivity contribution in [1.29, 1.82) is 0 Å². The first-order chi connectivity index (χ1) is 11.8. The summed E-state index contributed by atoms with van der Waals surface area (Å²) in [5, 5.41) is 12.4. The van der Waals surface area contributed by atoms with Crippen molar-refractivity contribution in [2.75, 3.05) is 7.11 Å². The Labute approximate surface area is 143 Å². The molecule has 1 aromatic carbocycles. The van der Waals surface area contributed by atoms with Gasteiger partial charge in [-0.2, -0.15) is 0 Å². The van der Waals surface area contributed by atoms with Crippen molar-refractivity contribution in [2.45, 2.75) is 57.0 Å². The summed E-state index contributed by atoms with van der Waals surface area (Å²) in [6, 6.07) is 7.87. The zero-order chi connectivity index (χ0) is 16.7. The summed E-state index contributed by atoms with van der Waals surface area (Å²) in [5.41, 5.74) is 9.53. The standard InChI is InChI=1S/C19H25N3.CH4O/c20-13-6-7-16-15(10-13)14-2-1-3-17(19(14)22-16)21-18-9-11-4-5-12(18)8-11;1-2/h6-7,10-12,17-18,21-22H,1-5,8-9,20H2;2H,1H3/p+1. The molecule has 4 heteroatoms. The number of aliphatic hydroxyl groups is 1. The van der Waals surface area contributed by atoms with E-state index in [4.69, 9.17) is 5.11 Å². The maximum atomic E-state index is 7.00. The van der Waals surface area contributed by atoms with Gasteiger partial charge in [-0.3, -0.25) is 0 Å². The van der Waals surface area contributed by atoms with Gasteiger partial charge in [0, 0.05) is 47.9 Å². The number of nitrogens with one attached hydrogen (secondary N) is 2. The third-order valence-electron chi connectivity index (χ3n) is 6.42. The molecule has 0 aliphatic heterocycles. The number of quaternary nitrogens is 1. The number of aryl methyl sites for hydroxylation is 1. The molecule has 2 aromatic rings. The maximum absolute atomic E-state index is 7.00. The first kappa shape index (κ1) is 16.1. The number of aromatic nitrogens is 1. The molecule has 3 aliphatic rings. The first-order valence-electron chi connectivity index (χ1n) is 9.45. The normalized spacial score (nSPS) is 31.0. The summed E-state index contributed by atoms with van der Waals surface area (Å²) in [7, 11) is 1.00. The summed E-state index contributed by atoms with van der Waals surface area (Å²) < 4.78 is 0. The van der Waals surface area contributed by atoms with Crippen LogP contribution in [-0.4, -0.2) is 23.2 Å². The minimum Gasteiger partial charge on any atom is -0.400 e. The molecular formula is C20H30N3O+. The van der Waals surface area contributed by atoms with Crippen molar-refractivity contribution < 1.29 is 10.8 Å². The molecular weight excluding hydrogens is 298 g/mol. The zero-order valence-corrected chi connectivity index (χ0v) is 14.6. The second-order valence-corrected chi connectivity index (χ2v) is 7.79. The number of rotatable bonds is 2. The van der Waals surface area contributed by atoms with Crippen LogP contribution in [0.2, 0.25) is 0 Å². The van der Waals surface area contributed by atoms with Crippen molar-refractivity contribution in [3.05, 3.63) is 29.5 Å². The molecule has 2 fully saturated rings. The van der Waals surface area contributed by atoms with Gasteiger partial charge in [0.2, 0.25) is 0 Å². The van der Waals surface area contributed by atoms with Gasteiger partial charge in [-0.15, -0.1) is 0 Å². The molecule has 0 saturated heterocycles. The van der Waals surface area contributed by atoms with Crippen LogP contribution < -0.4 is 11.1 Å². The van der Waals surface area contributed by atoms with Crippen LogP contribution in [0.4, 0.5) is 5.69 Å². The highest BCUT2D eigenvalue weighted by Gasteiger charge is 2.40. The Balaban J connectivity index is 0.000000704. The van der Waals surface area contributed by atoms with Gasteiger partial charge >= 0.3 is 0 Å². The summed E-state index contributed by atoms with van der Waals surface area (Å²) in [4.78, 5) is 3.72. The summed E-state index contributed by atoms with van der Waals surface area (Å²) in [6.45, 7) is 0. The first-order valence-corrected chi connectivity index (χ1v) is 9.45. The SMILES string of the molecule is CO.[NH3+]c1ccc2[nH]c3c(c2c1)CCCC3NC1CC2CCC1C2. The number of H-pyrrole nitrogens is 1. The lowest BCUT2D eigenvalue weighted by atomic mass is 9.89. The molecule has 1 heterocycles. The minimum absolute atomic E-state index is 0.536. The average Bonchev–Trinajstić information content (AvgIpc) is 3.31. The lowest BCUT2D eigenvalue weighted by molar-refractivity contribution is -0.254. The largest absolute Gasteiger partial charge is 0.400 e. The highest BCUT2D eigenvalue weighted by atomic mass is 16.2. The Morgan fingerprint density at radius 1 is 1.17 bits per heavy atom. The van der Waals surface area contributed by atoms with Gasteiger partial charge in [-0.05, 0) is 62.0 Å². The molecule has 24 heavy (non-hydrogen) atoms. The van der Waals surface area contributed by atoms with Crippen LogP contribution in [0.1, 0.15) is 55.8 Å². The monoisotopic (exact) mass is 328 g/mol. The Bertz CT molecular complexity index is 723. The van der Waals surface area contributed by atoms with Gasteiger partial charge in [0.1, 0.15) is 5.69 Å². The van der Waals surface area contributed by atoms with Crippen LogP contribution in [0.5, 0.6) is 0 Å². The van der Waals surface area contributed by atoms with Gasteiger partial charge in [0.25, 0.3) is 0 Å². The van der Waals surface area contributed by atoms with Crippen LogP contribution in [0.15, 0.2) is 18.2 Å². The van der Waals surface area contributed by atoms with Crippen LogP contribution in [-0.2, 0) is 6.42 Å². The molecule has 130 valence electrons. The Hall–Kier alpha value is -1.36. The van der Waals surface area contributed by atoms with Crippen LogP contribution in [0, 0.1) is 11.8 Å². The molecule has 2 bridgehead atoms. The highest BCUT2D eigenvalue weighted by Crippen LogP contribution is 2.46. The van der Waals surface area contributed by atoms with Gasteiger partial charge in [0.15, 0.2) is 0 Å². The van der Waals surface area contributed by atoms with E-state index in [0.717, 1.165) is 30.7 Å². The fourth-order valence-electron chi connectivity index (χ4n) is 5.38. The third-order valence-corrected chi connectivity index (χ3v) is 6.42. The molecule has 6 N–H and O–H groups in total. The summed E-state index contributed by atoms with van der Waals surface area (Å²) >= 11 is 0. The smallest absolute Gasteiger partial charge is 0.128 e. The van der Waals surface area contributed by atoms with Crippen molar-refractivity contribution >= 4 is 16.6 Å². The number of hydrogen-bond acceptors (Lipinski definition) is 2.